The molecule has 2 saturated carbocycles. The van der Waals surface area contributed by atoms with Crippen LogP contribution in [-0.4, -0.2) is 44.8 Å². The van der Waals surface area contributed by atoms with Crippen molar-refractivity contribution in [3.8, 4) is 0 Å². The van der Waals surface area contributed by atoms with Crippen molar-refractivity contribution in [1.29, 1.82) is 0 Å². The van der Waals surface area contributed by atoms with Gasteiger partial charge in [0.25, 0.3) is 5.91 Å². The van der Waals surface area contributed by atoms with Gasteiger partial charge in [0.05, 0.1) is 6.54 Å². The minimum absolute atomic E-state index is 0.0351. The Morgan fingerprint density at radius 1 is 1.04 bits per heavy atom. The Bertz CT molecular complexity index is 837. The van der Waals surface area contributed by atoms with Gasteiger partial charge in [-0.25, -0.2) is 0 Å². The van der Waals surface area contributed by atoms with Crippen molar-refractivity contribution >= 4 is 23.4 Å². The zero-order valence-corrected chi connectivity index (χ0v) is 16.2. The van der Waals surface area contributed by atoms with E-state index in [1.165, 1.54) is 0 Å². The number of nitrogens with zero attached hydrogens (tertiary/aromatic N) is 3. The van der Waals surface area contributed by atoms with E-state index >= 15 is 0 Å². The molecule has 0 spiro atoms. The molecule has 2 amide bonds. The molecule has 4 rings (SSSR count). The van der Waals surface area contributed by atoms with E-state index in [1.54, 1.807) is 29.2 Å². The lowest BCUT2D eigenvalue weighted by Gasteiger charge is -2.28. The molecular formula is C21H24ClN3O2. The summed E-state index contributed by atoms with van der Waals surface area (Å²) >= 11 is 5.93. The fraction of sp³-hybridized carbons (Fsp3) is 0.429. The topological polar surface area (TPSA) is 45.6 Å². The molecule has 0 atom stereocenters. The van der Waals surface area contributed by atoms with Gasteiger partial charge in [0.1, 0.15) is 6.54 Å². The summed E-state index contributed by atoms with van der Waals surface area (Å²) in [5, 5.41) is 0.600. The summed E-state index contributed by atoms with van der Waals surface area (Å²) < 4.78 is 2.04. The molecule has 0 saturated heterocycles. The van der Waals surface area contributed by atoms with Gasteiger partial charge in [0.2, 0.25) is 5.91 Å². The molecular weight excluding hydrogens is 362 g/mol. The zero-order valence-electron chi connectivity index (χ0n) is 15.5. The molecule has 1 aromatic carbocycles. The van der Waals surface area contributed by atoms with Gasteiger partial charge in [-0.05, 0) is 62.1 Å². The fourth-order valence-electron chi connectivity index (χ4n) is 3.39. The van der Waals surface area contributed by atoms with E-state index < -0.39 is 0 Å². The first-order valence-electron chi connectivity index (χ1n) is 9.49. The summed E-state index contributed by atoms with van der Waals surface area (Å²) in [5.41, 5.74) is 1.69. The van der Waals surface area contributed by atoms with E-state index in [0.717, 1.165) is 31.4 Å². The average Bonchev–Trinajstić information content (AvgIpc) is 3.57. The van der Waals surface area contributed by atoms with Crippen molar-refractivity contribution in [2.45, 2.75) is 44.3 Å². The molecule has 2 aromatic rings. The van der Waals surface area contributed by atoms with Gasteiger partial charge in [-0.1, -0.05) is 11.6 Å². The largest absolute Gasteiger partial charge is 0.353 e. The van der Waals surface area contributed by atoms with Gasteiger partial charge in [-0.3, -0.25) is 9.59 Å². The van der Waals surface area contributed by atoms with Crippen molar-refractivity contribution in [3.05, 3.63) is 58.9 Å². The summed E-state index contributed by atoms with van der Waals surface area (Å²) in [6.07, 6.45) is 6.02. The van der Waals surface area contributed by atoms with Crippen LogP contribution in [-0.2, 0) is 18.4 Å². The molecule has 2 aliphatic rings. The van der Waals surface area contributed by atoms with Gasteiger partial charge in [0.15, 0.2) is 0 Å². The van der Waals surface area contributed by atoms with Crippen LogP contribution in [0.3, 0.4) is 0 Å². The molecule has 1 aromatic heterocycles. The Kier molecular flexibility index (Phi) is 4.96. The summed E-state index contributed by atoms with van der Waals surface area (Å²) in [4.78, 5) is 29.7. The van der Waals surface area contributed by atoms with E-state index in [0.29, 0.717) is 23.2 Å². The number of carbonyl (C=O) groups excluding carboxylic acids is 2. The second-order valence-corrected chi connectivity index (χ2v) is 7.97. The van der Waals surface area contributed by atoms with Crippen LogP contribution in [0, 0.1) is 0 Å². The van der Waals surface area contributed by atoms with E-state index in [1.807, 2.05) is 34.8 Å². The molecule has 2 fully saturated rings. The van der Waals surface area contributed by atoms with Crippen molar-refractivity contribution in [2.24, 2.45) is 7.05 Å². The number of hydrogen-bond acceptors (Lipinski definition) is 2. The Morgan fingerprint density at radius 2 is 1.67 bits per heavy atom. The average molecular weight is 386 g/mol. The maximum Gasteiger partial charge on any atom is 0.254 e. The third kappa shape index (κ3) is 4.19. The van der Waals surface area contributed by atoms with Gasteiger partial charge >= 0.3 is 0 Å². The fourth-order valence-corrected chi connectivity index (χ4v) is 3.52. The number of carbonyl (C=O) groups is 2. The van der Waals surface area contributed by atoms with Gasteiger partial charge in [0, 0.05) is 41.6 Å². The van der Waals surface area contributed by atoms with Crippen LogP contribution in [0.1, 0.15) is 41.7 Å². The van der Waals surface area contributed by atoms with Crippen LogP contribution in [0.4, 0.5) is 0 Å². The Labute approximate surface area is 164 Å². The molecule has 0 N–H and O–H groups in total. The summed E-state index contributed by atoms with van der Waals surface area (Å²) in [6.45, 7) is 0.744. The zero-order chi connectivity index (χ0) is 19.0. The Balaban J connectivity index is 1.48. The van der Waals surface area contributed by atoms with Crippen LogP contribution in [0.15, 0.2) is 42.6 Å². The Morgan fingerprint density at radius 3 is 2.22 bits per heavy atom. The highest BCUT2D eigenvalue weighted by Crippen LogP contribution is 2.31. The quantitative estimate of drug-likeness (QED) is 0.732. The van der Waals surface area contributed by atoms with E-state index in [4.69, 9.17) is 11.6 Å². The van der Waals surface area contributed by atoms with E-state index in [9.17, 15) is 9.59 Å². The predicted molar refractivity (Wildman–Crippen MR) is 104 cm³/mol. The first kappa shape index (κ1) is 18.1. The maximum absolute atomic E-state index is 13.1. The molecule has 0 aliphatic heterocycles. The van der Waals surface area contributed by atoms with E-state index in [-0.39, 0.29) is 24.4 Å². The number of amides is 2. The van der Waals surface area contributed by atoms with Crippen molar-refractivity contribution < 1.29 is 9.59 Å². The van der Waals surface area contributed by atoms with Crippen LogP contribution < -0.4 is 0 Å². The summed E-state index contributed by atoms with van der Waals surface area (Å²) in [6, 6.07) is 11.4. The molecule has 0 bridgehead atoms. The van der Waals surface area contributed by atoms with Gasteiger partial charge < -0.3 is 14.4 Å². The van der Waals surface area contributed by atoms with Crippen LogP contribution in [0.5, 0.6) is 0 Å². The molecule has 0 unspecified atom stereocenters. The van der Waals surface area contributed by atoms with Crippen LogP contribution in [0.2, 0.25) is 5.02 Å². The number of hydrogen-bond donors (Lipinski definition) is 0. The maximum atomic E-state index is 13.1. The first-order chi connectivity index (χ1) is 13.0. The second-order valence-electron chi connectivity index (χ2n) is 7.53. The molecule has 142 valence electrons. The lowest BCUT2D eigenvalue weighted by molar-refractivity contribution is -0.133. The molecule has 0 radical (unpaired) electrons. The minimum atomic E-state index is -0.0860. The number of rotatable bonds is 7. The van der Waals surface area contributed by atoms with Crippen LogP contribution in [0.25, 0.3) is 0 Å². The van der Waals surface area contributed by atoms with Gasteiger partial charge in [-0.15, -0.1) is 0 Å². The number of aryl methyl sites for hydroxylation is 1. The van der Waals surface area contributed by atoms with E-state index in [2.05, 4.69) is 0 Å². The predicted octanol–water partition coefficient (Wildman–Crippen LogP) is 3.47. The number of halogens is 1. The molecule has 6 heteroatoms. The second kappa shape index (κ2) is 7.39. The third-order valence-electron chi connectivity index (χ3n) is 5.34. The lowest BCUT2D eigenvalue weighted by atomic mass is 10.2. The first-order valence-corrected chi connectivity index (χ1v) is 9.87. The molecule has 27 heavy (non-hydrogen) atoms. The monoisotopic (exact) mass is 385 g/mol. The summed E-state index contributed by atoms with van der Waals surface area (Å²) in [7, 11) is 1.99. The van der Waals surface area contributed by atoms with Gasteiger partial charge in [-0.2, -0.15) is 0 Å². The standard InChI is InChI=1S/C21H24ClN3O2/c1-23-12-2-3-19(23)13-24(17-8-9-17)20(26)14-25(18-10-11-18)21(27)15-4-6-16(22)7-5-15/h2-7,12,17-18H,8-11,13-14H2,1H3. The highest BCUT2D eigenvalue weighted by atomic mass is 35.5. The molecule has 5 nitrogen and oxygen atoms in total. The van der Waals surface area contributed by atoms with Crippen molar-refractivity contribution in [2.75, 3.05) is 6.54 Å². The Hall–Kier alpha value is -2.27. The molecule has 2 aliphatic carbocycles. The normalized spacial score (nSPS) is 16.2. The lowest BCUT2D eigenvalue weighted by Crippen LogP contribution is -2.44. The van der Waals surface area contributed by atoms with Crippen LogP contribution >= 0.6 is 11.6 Å². The molecule has 1 heterocycles. The summed E-state index contributed by atoms with van der Waals surface area (Å²) in [5.74, 6) is -0.0509. The van der Waals surface area contributed by atoms with Crippen molar-refractivity contribution in [1.82, 2.24) is 14.4 Å². The smallest absolute Gasteiger partial charge is 0.254 e. The SMILES string of the molecule is Cn1cccc1CN(C(=O)CN(C(=O)c1ccc(Cl)cc1)C1CC1)C1CC1. The number of aromatic nitrogens is 1. The highest BCUT2D eigenvalue weighted by molar-refractivity contribution is 6.30. The minimum Gasteiger partial charge on any atom is -0.353 e. The highest BCUT2D eigenvalue weighted by Gasteiger charge is 2.38. The van der Waals surface area contributed by atoms with Crippen molar-refractivity contribution in [3.63, 3.8) is 0 Å². The third-order valence-corrected chi connectivity index (χ3v) is 5.59. The number of benzene rings is 1.